The van der Waals surface area contributed by atoms with Gasteiger partial charge >= 0.3 is 18.1 Å². The van der Waals surface area contributed by atoms with E-state index in [0.29, 0.717) is 0 Å². The van der Waals surface area contributed by atoms with Gasteiger partial charge in [0.2, 0.25) is 0 Å². The highest BCUT2D eigenvalue weighted by Gasteiger charge is 2.63. The van der Waals surface area contributed by atoms with Crippen molar-refractivity contribution >= 4 is 5.97 Å². The molecule has 1 unspecified atom stereocenters. The van der Waals surface area contributed by atoms with Crippen LogP contribution in [0.3, 0.4) is 0 Å². The van der Waals surface area contributed by atoms with Gasteiger partial charge in [-0.3, -0.25) is 4.79 Å². The van der Waals surface area contributed by atoms with Crippen LogP contribution in [0.4, 0.5) is 22.0 Å². The van der Waals surface area contributed by atoms with E-state index in [9.17, 15) is 26.7 Å². The first kappa shape index (κ1) is 11.9. The minimum Gasteiger partial charge on any atom is -0.481 e. The third kappa shape index (κ3) is 2.16. The second kappa shape index (κ2) is 3.31. The number of hydrogen-bond acceptors (Lipinski definition) is 1. The SMILES string of the molecule is C=CC(C(=O)O)C(F)(F)C(F)(F)F. The van der Waals surface area contributed by atoms with Gasteiger partial charge in [-0.2, -0.15) is 22.0 Å². The van der Waals surface area contributed by atoms with E-state index < -0.39 is 24.0 Å². The molecule has 0 aromatic carbocycles. The molecule has 7 heteroatoms. The average Bonchev–Trinajstić information content (AvgIpc) is 1.83. The zero-order chi connectivity index (χ0) is 10.9. The number of carboxylic acids is 1. The van der Waals surface area contributed by atoms with E-state index in [0.717, 1.165) is 0 Å². The third-order valence-electron chi connectivity index (χ3n) is 1.27. The molecule has 0 aromatic rings. The molecular weight excluding hydrogens is 199 g/mol. The van der Waals surface area contributed by atoms with E-state index in [4.69, 9.17) is 5.11 Å². The number of halogens is 5. The number of alkyl halides is 5. The van der Waals surface area contributed by atoms with E-state index in [1.165, 1.54) is 0 Å². The van der Waals surface area contributed by atoms with E-state index >= 15 is 0 Å². The monoisotopic (exact) mass is 204 g/mol. The van der Waals surface area contributed by atoms with Crippen LogP contribution < -0.4 is 0 Å². The van der Waals surface area contributed by atoms with Gasteiger partial charge in [0, 0.05) is 0 Å². The maximum atomic E-state index is 12.3. The molecule has 0 fully saturated rings. The molecule has 0 bridgehead atoms. The average molecular weight is 204 g/mol. The van der Waals surface area contributed by atoms with Gasteiger partial charge in [0.25, 0.3) is 0 Å². The summed E-state index contributed by atoms with van der Waals surface area (Å²) in [6.07, 6.45) is -5.83. The summed E-state index contributed by atoms with van der Waals surface area (Å²) in [4.78, 5) is 9.97. The van der Waals surface area contributed by atoms with Crippen LogP contribution in [0.5, 0.6) is 0 Å². The normalized spacial score (nSPS) is 15.2. The first-order valence-corrected chi connectivity index (χ1v) is 2.94. The minimum absolute atomic E-state index is 0.0514. The van der Waals surface area contributed by atoms with Gasteiger partial charge in [-0.05, 0) is 0 Å². The van der Waals surface area contributed by atoms with Crippen molar-refractivity contribution in [3.05, 3.63) is 12.7 Å². The summed E-state index contributed by atoms with van der Waals surface area (Å²) in [5, 5.41) is 8.02. The van der Waals surface area contributed by atoms with Crippen LogP contribution in [0.15, 0.2) is 12.7 Å². The Kier molecular flexibility index (Phi) is 3.02. The Balaban J connectivity index is 5.00. The zero-order valence-electron chi connectivity index (χ0n) is 6.11. The van der Waals surface area contributed by atoms with E-state index in [-0.39, 0.29) is 6.08 Å². The molecule has 0 saturated heterocycles. The van der Waals surface area contributed by atoms with E-state index in [1.807, 2.05) is 0 Å². The summed E-state index contributed by atoms with van der Waals surface area (Å²) >= 11 is 0. The van der Waals surface area contributed by atoms with Crippen molar-refractivity contribution in [1.82, 2.24) is 0 Å². The summed E-state index contributed by atoms with van der Waals surface area (Å²) in [6, 6.07) is 0. The Morgan fingerprint density at radius 3 is 1.77 bits per heavy atom. The molecule has 0 aliphatic rings. The van der Waals surface area contributed by atoms with Crippen LogP contribution in [-0.4, -0.2) is 23.2 Å². The fourth-order valence-corrected chi connectivity index (χ4v) is 0.580. The van der Waals surface area contributed by atoms with Gasteiger partial charge < -0.3 is 5.11 Å². The van der Waals surface area contributed by atoms with Crippen molar-refractivity contribution < 1.29 is 31.9 Å². The molecule has 0 rings (SSSR count). The molecule has 0 saturated carbocycles. The molecule has 0 amide bonds. The second-order valence-corrected chi connectivity index (χ2v) is 2.17. The summed E-state index contributed by atoms with van der Waals surface area (Å²) < 4.78 is 59.2. The highest BCUT2D eigenvalue weighted by molar-refractivity contribution is 5.73. The second-order valence-electron chi connectivity index (χ2n) is 2.17. The van der Waals surface area contributed by atoms with E-state index in [2.05, 4.69) is 6.58 Å². The maximum absolute atomic E-state index is 12.3. The molecule has 1 N–H and O–H groups in total. The first-order valence-electron chi connectivity index (χ1n) is 2.94. The predicted molar refractivity (Wildman–Crippen MR) is 32.3 cm³/mol. The smallest absolute Gasteiger partial charge is 0.454 e. The van der Waals surface area contributed by atoms with Crippen molar-refractivity contribution in [3.8, 4) is 0 Å². The Hall–Kier alpha value is -1.14. The Morgan fingerprint density at radius 2 is 1.69 bits per heavy atom. The topological polar surface area (TPSA) is 37.3 Å². The highest BCUT2D eigenvalue weighted by Crippen LogP contribution is 2.41. The summed E-state index contributed by atoms with van der Waals surface area (Å²) in [6.45, 7) is 2.60. The largest absolute Gasteiger partial charge is 0.481 e. The van der Waals surface area contributed by atoms with Crippen molar-refractivity contribution in [2.75, 3.05) is 0 Å². The van der Waals surface area contributed by atoms with Crippen molar-refractivity contribution in [2.45, 2.75) is 12.1 Å². The number of rotatable bonds is 3. The molecule has 76 valence electrons. The molecule has 13 heavy (non-hydrogen) atoms. The fraction of sp³-hybridized carbons (Fsp3) is 0.500. The summed E-state index contributed by atoms with van der Waals surface area (Å²) in [7, 11) is 0. The molecule has 2 nitrogen and oxygen atoms in total. The Bertz CT molecular complexity index is 220. The Labute approximate surface area is 69.7 Å². The van der Waals surface area contributed by atoms with Gasteiger partial charge in [-0.25, -0.2) is 0 Å². The molecular formula is C6H5F5O2. The molecule has 0 heterocycles. The van der Waals surface area contributed by atoms with Gasteiger partial charge in [0.1, 0.15) is 5.92 Å². The highest BCUT2D eigenvalue weighted by atomic mass is 19.4. The zero-order valence-corrected chi connectivity index (χ0v) is 6.11. The fourth-order valence-electron chi connectivity index (χ4n) is 0.580. The van der Waals surface area contributed by atoms with Gasteiger partial charge in [-0.15, -0.1) is 6.58 Å². The molecule has 0 aliphatic heterocycles. The van der Waals surface area contributed by atoms with Crippen molar-refractivity contribution in [3.63, 3.8) is 0 Å². The van der Waals surface area contributed by atoms with Crippen LogP contribution in [0.25, 0.3) is 0 Å². The first-order chi connectivity index (χ1) is 5.64. The molecule has 1 atom stereocenters. The van der Waals surface area contributed by atoms with Crippen LogP contribution in [0, 0.1) is 5.92 Å². The lowest BCUT2D eigenvalue weighted by molar-refractivity contribution is -0.295. The number of aliphatic carboxylic acids is 1. The minimum atomic E-state index is -5.88. The Morgan fingerprint density at radius 1 is 1.31 bits per heavy atom. The summed E-state index contributed by atoms with van der Waals surface area (Å²) in [5.74, 6) is -10.5. The molecule has 0 spiro atoms. The number of carboxylic acid groups (broad SMARTS) is 1. The predicted octanol–water partition coefficient (Wildman–Crippen LogP) is 2.07. The molecule has 0 aliphatic carbocycles. The maximum Gasteiger partial charge on any atom is 0.454 e. The summed E-state index contributed by atoms with van der Waals surface area (Å²) in [5.41, 5.74) is 0. The lowest BCUT2D eigenvalue weighted by atomic mass is 10.0. The van der Waals surface area contributed by atoms with Crippen LogP contribution in [-0.2, 0) is 4.79 Å². The van der Waals surface area contributed by atoms with Gasteiger partial charge in [0.05, 0.1) is 0 Å². The van der Waals surface area contributed by atoms with Gasteiger partial charge in [-0.1, -0.05) is 6.08 Å². The van der Waals surface area contributed by atoms with Crippen LogP contribution in [0.1, 0.15) is 0 Å². The van der Waals surface area contributed by atoms with E-state index in [1.54, 1.807) is 0 Å². The number of hydrogen-bond donors (Lipinski definition) is 1. The lowest BCUT2D eigenvalue weighted by Gasteiger charge is -2.23. The molecule has 0 aromatic heterocycles. The standard InChI is InChI=1S/C6H5F5O2/c1-2-3(4(12)13)5(7,8)6(9,10)11/h2-3H,1H2,(H,12,13). The third-order valence-corrected chi connectivity index (χ3v) is 1.27. The molecule has 0 radical (unpaired) electrons. The quantitative estimate of drug-likeness (QED) is 0.564. The van der Waals surface area contributed by atoms with Gasteiger partial charge in [0.15, 0.2) is 0 Å². The van der Waals surface area contributed by atoms with Crippen LogP contribution >= 0.6 is 0 Å². The van der Waals surface area contributed by atoms with Crippen LogP contribution in [0.2, 0.25) is 0 Å². The van der Waals surface area contributed by atoms with Crippen molar-refractivity contribution in [1.29, 1.82) is 0 Å². The van der Waals surface area contributed by atoms with Crippen molar-refractivity contribution in [2.24, 2.45) is 5.92 Å². The lowest BCUT2D eigenvalue weighted by Crippen LogP contribution is -2.45. The number of carbonyl (C=O) groups is 1.